The molecule has 0 aliphatic carbocycles. The van der Waals surface area contributed by atoms with E-state index >= 15 is 0 Å². The van der Waals surface area contributed by atoms with Gasteiger partial charge < -0.3 is 0 Å². The Labute approximate surface area is 66.8 Å². The quantitative estimate of drug-likeness (QED) is 0.461. The largest absolute Gasteiger partial charge is 0.229 e. The lowest BCUT2D eigenvalue weighted by Gasteiger charge is -2.02. The zero-order valence-corrected chi connectivity index (χ0v) is 9.70. The molecule has 0 aliphatic heterocycles. The van der Waals surface area contributed by atoms with Gasteiger partial charge in [0.25, 0.3) is 0 Å². The molecule has 1 nitrogen and oxygen atoms in total. The van der Waals surface area contributed by atoms with Crippen LogP contribution >= 0.6 is 7.71 Å². The summed E-state index contributed by atoms with van der Waals surface area (Å²) in [6.45, 7) is 11.4. The molecule has 0 spiro atoms. The van der Waals surface area contributed by atoms with E-state index in [4.69, 9.17) is 4.41 Å². The van der Waals surface area contributed by atoms with E-state index in [9.17, 15) is 0 Å². The highest BCUT2D eigenvalue weighted by molar-refractivity contribution is 7.48. The van der Waals surface area contributed by atoms with E-state index in [1.165, 1.54) is 12.3 Å². The van der Waals surface area contributed by atoms with Crippen molar-refractivity contribution in [3.63, 3.8) is 0 Å². The Hall–Kier alpha value is 0.317. The van der Waals surface area contributed by atoms with Crippen LogP contribution in [0.15, 0.2) is 4.41 Å². The molecule has 0 aromatic rings. The van der Waals surface area contributed by atoms with Crippen LogP contribution in [0.25, 0.3) is 0 Å². The van der Waals surface area contributed by atoms with Gasteiger partial charge in [-0.25, -0.2) is 0 Å². The van der Waals surface area contributed by atoms with E-state index < -0.39 is 8.24 Å². The second kappa shape index (κ2) is 4.25. The molecule has 0 aliphatic rings. The smallest absolute Gasteiger partial charge is 0.160 e. The predicted octanol–water partition coefficient (Wildman–Crippen LogP) is 3.53. The van der Waals surface area contributed by atoms with Crippen LogP contribution in [0, 0.1) is 0 Å². The lowest BCUT2D eigenvalue weighted by Crippen LogP contribution is -2.14. The zero-order chi connectivity index (χ0) is 8.20. The van der Waals surface area contributed by atoms with E-state index in [0.717, 1.165) is 0 Å². The first kappa shape index (κ1) is 10.3. The lowest BCUT2D eigenvalue weighted by atomic mass is 11.0. The molecule has 0 atom stereocenters. The van der Waals surface area contributed by atoms with Crippen molar-refractivity contribution in [3.8, 4) is 0 Å². The van der Waals surface area contributed by atoms with Gasteiger partial charge in [0.1, 0.15) is 12.3 Å². The number of hydrogen-bond donors (Lipinski definition) is 0. The molecular formula is C7H19NPSi+. The van der Waals surface area contributed by atoms with Crippen molar-refractivity contribution < 1.29 is 0 Å². The third-order valence-corrected chi connectivity index (χ3v) is 6.16. The van der Waals surface area contributed by atoms with Gasteiger partial charge >= 0.3 is 0 Å². The minimum Gasteiger partial charge on any atom is -0.160 e. The first-order valence-electron chi connectivity index (χ1n) is 3.97. The van der Waals surface area contributed by atoms with Gasteiger partial charge in [0.05, 0.1) is 0 Å². The predicted molar refractivity (Wildman–Crippen MR) is 53.8 cm³/mol. The third kappa shape index (κ3) is 5.13. The summed E-state index contributed by atoms with van der Waals surface area (Å²) in [5.74, 6) is 0. The van der Waals surface area contributed by atoms with Crippen molar-refractivity contribution in [2.24, 2.45) is 4.41 Å². The van der Waals surface area contributed by atoms with Gasteiger partial charge in [-0.05, 0) is 33.5 Å². The third-order valence-electron chi connectivity index (χ3n) is 1.17. The van der Waals surface area contributed by atoms with Gasteiger partial charge in [-0.1, -0.05) is 0 Å². The fourth-order valence-corrected chi connectivity index (χ4v) is 5.76. The molecule has 0 unspecified atom stereocenters. The molecule has 0 radical (unpaired) electrons. The first-order chi connectivity index (χ1) is 4.49. The summed E-state index contributed by atoms with van der Waals surface area (Å²) in [6, 6.07) is 0. The maximum absolute atomic E-state index is 4.85. The Morgan fingerprint density at radius 1 is 1.10 bits per heavy atom. The van der Waals surface area contributed by atoms with Crippen molar-refractivity contribution in [1.82, 2.24) is 0 Å². The van der Waals surface area contributed by atoms with Crippen LogP contribution in [-0.2, 0) is 0 Å². The van der Waals surface area contributed by atoms with Gasteiger partial charge in [-0.15, -0.1) is 0 Å². The molecule has 0 N–H and O–H groups in total. The second-order valence-corrected chi connectivity index (χ2v) is 10.8. The van der Waals surface area contributed by atoms with Gasteiger partial charge in [0.2, 0.25) is 8.24 Å². The van der Waals surface area contributed by atoms with Crippen LogP contribution in [0.2, 0.25) is 19.6 Å². The van der Waals surface area contributed by atoms with Gasteiger partial charge in [-0.2, -0.15) is 4.41 Å². The molecule has 0 saturated carbocycles. The summed E-state index contributed by atoms with van der Waals surface area (Å²) in [5.41, 5.74) is 0. The number of hydrogen-bond acceptors (Lipinski definition) is 1. The van der Waals surface area contributed by atoms with Gasteiger partial charge in [0, 0.05) is 0 Å². The van der Waals surface area contributed by atoms with E-state index in [2.05, 4.69) is 33.5 Å². The highest BCUT2D eigenvalue weighted by Gasteiger charge is 2.18. The van der Waals surface area contributed by atoms with E-state index in [-0.39, 0.29) is 7.71 Å². The Balaban J connectivity index is 4.11. The molecule has 3 heteroatoms. The highest BCUT2D eigenvalue weighted by atomic mass is 31.1. The van der Waals surface area contributed by atoms with Crippen molar-refractivity contribution in [2.75, 3.05) is 12.3 Å². The van der Waals surface area contributed by atoms with Crippen molar-refractivity contribution in [3.05, 3.63) is 0 Å². The first-order valence-corrected chi connectivity index (χ1v) is 9.08. The number of rotatable bonds is 3. The molecule has 0 fully saturated rings. The van der Waals surface area contributed by atoms with Crippen LogP contribution in [0.5, 0.6) is 0 Å². The van der Waals surface area contributed by atoms with Crippen LogP contribution in [0.3, 0.4) is 0 Å². The monoisotopic (exact) mass is 176 g/mol. The molecule has 10 heavy (non-hydrogen) atoms. The van der Waals surface area contributed by atoms with Crippen LogP contribution in [0.1, 0.15) is 13.8 Å². The summed E-state index contributed by atoms with van der Waals surface area (Å²) >= 11 is 0. The van der Waals surface area contributed by atoms with Gasteiger partial charge in [-0.3, -0.25) is 0 Å². The Kier molecular flexibility index (Phi) is 4.38. The van der Waals surface area contributed by atoms with Crippen LogP contribution in [-0.4, -0.2) is 20.6 Å². The van der Waals surface area contributed by atoms with Gasteiger partial charge in [0.15, 0.2) is 7.71 Å². The normalized spacial score (nSPS) is 11.3. The standard InChI is InChI=1S/C7H19NPSi/c1-6-9(7-2)8-10(3,4)5/h6-7H2,1-5H3/q+1. The molecule has 0 aromatic heterocycles. The second-order valence-electron chi connectivity index (χ2n) is 3.41. The topological polar surface area (TPSA) is 12.4 Å². The summed E-state index contributed by atoms with van der Waals surface area (Å²) in [6.07, 6.45) is 2.55. The zero-order valence-electron chi connectivity index (χ0n) is 7.81. The molecule has 60 valence electrons. The van der Waals surface area contributed by atoms with E-state index in [0.29, 0.717) is 0 Å². The SMILES string of the molecule is CC[P+](CC)=N[Si](C)(C)C. The van der Waals surface area contributed by atoms with E-state index in [1.807, 2.05) is 0 Å². The highest BCUT2D eigenvalue weighted by Crippen LogP contribution is 2.27. The molecule has 0 amide bonds. The van der Waals surface area contributed by atoms with Crippen molar-refractivity contribution in [2.45, 2.75) is 33.5 Å². The number of nitrogens with zero attached hydrogens (tertiary/aromatic N) is 1. The average molecular weight is 176 g/mol. The summed E-state index contributed by atoms with van der Waals surface area (Å²) in [7, 11) is -1.07. The lowest BCUT2D eigenvalue weighted by molar-refractivity contribution is 1.41. The maximum atomic E-state index is 4.85. The van der Waals surface area contributed by atoms with Crippen LogP contribution in [0.4, 0.5) is 0 Å². The molecule has 0 heterocycles. The molecule has 0 rings (SSSR count). The molecule has 0 aromatic carbocycles. The summed E-state index contributed by atoms with van der Waals surface area (Å²) in [5, 5.41) is 0. The summed E-state index contributed by atoms with van der Waals surface area (Å²) in [4.78, 5) is 0. The Morgan fingerprint density at radius 2 is 1.50 bits per heavy atom. The van der Waals surface area contributed by atoms with Crippen LogP contribution < -0.4 is 0 Å². The average Bonchev–Trinajstić information content (AvgIpc) is 1.81. The molecule has 0 bridgehead atoms. The molecular weight excluding hydrogens is 157 g/mol. The fourth-order valence-electron chi connectivity index (χ4n) is 0.789. The summed E-state index contributed by atoms with van der Waals surface area (Å²) < 4.78 is 4.85. The minimum absolute atomic E-state index is 0.0424. The minimum atomic E-state index is -1.11. The van der Waals surface area contributed by atoms with Crippen molar-refractivity contribution >= 4 is 15.9 Å². The Morgan fingerprint density at radius 3 is 1.60 bits per heavy atom. The van der Waals surface area contributed by atoms with Crippen molar-refractivity contribution in [1.29, 1.82) is 0 Å². The van der Waals surface area contributed by atoms with E-state index in [1.54, 1.807) is 0 Å². The molecule has 0 saturated heterocycles. The fraction of sp³-hybridized carbons (Fsp3) is 1.00. The Bertz CT molecular complexity index is 120. The maximum Gasteiger partial charge on any atom is 0.229 e.